The molecule has 1 heterocycles. The minimum atomic E-state index is -0.213. The molecule has 1 N–H and O–H groups in total. The number of rotatable bonds is 3. The molecule has 0 aromatic heterocycles. The Morgan fingerprint density at radius 1 is 1.31 bits per heavy atom. The predicted octanol–water partition coefficient (Wildman–Crippen LogP) is 1.42. The van der Waals surface area contributed by atoms with Crippen LogP contribution in [-0.2, 0) is 4.79 Å². The number of urea groups is 1. The van der Waals surface area contributed by atoms with Crippen LogP contribution in [0, 0.1) is 5.92 Å². The summed E-state index contributed by atoms with van der Waals surface area (Å²) in [6, 6.07) is -0.0789. The van der Waals surface area contributed by atoms with Gasteiger partial charge in [-0.25, -0.2) is 4.79 Å². The Kier molecular flexibility index (Phi) is 3.74. The molecule has 0 aromatic carbocycles. The monoisotopic (exact) mass is 242 g/mol. The van der Waals surface area contributed by atoms with Crippen LogP contribution in [0.5, 0.6) is 0 Å². The molecule has 0 radical (unpaired) electrons. The average molecular weight is 242 g/mol. The van der Waals surface area contributed by atoms with Crippen LogP contribution in [0.3, 0.4) is 0 Å². The van der Waals surface area contributed by atoms with Crippen LogP contribution in [0.15, 0.2) is 0 Å². The quantitative estimate of drug-likeness (QED) is 0.735. The van der Waals surface area contributed by atoms with E-state index in [0.717, 1.165) is 37.9 Å². The van der Waals surface area contributed by atoms with Crippen molar-refractivity contribution in [2.24, 2.45) is 5.92 Å². The molecule has 1 saturated carbocycles. The third-order valence-corrected chi connectivity index (χ3v) is 3.83. The number of fused-ring (bicyclic) bond motifs is 1. The zero-order valence-corrected chi connectivity index (χ0v) is 10.2. The van der Waals surface area contributed by atoms with Crippen LogP contribution in [0.25, 0.3) is 0 Å². The minimum Gasteiger partial charge on any atom is -0.321 e. The molecule has 2 fully saturated rings. The van der Waals surface area contributed by atoms with E-state index in [1.165, 1.54) is 0 Å². The highest BCUT2D eigenvalue weighted by Crippen LogP contribution is 2.31. The highest BCUT2D eigenvalue weighted by Gasteiger charge is 2.41. The number of carbonyl (C=O) groups excluding carboxylic acids is 2. The first-order chi connectivity index (χ1) is 7.74. The lowest BCUT2D eigenvalue weighted by Crippen LogP contribution is -2.61. The summed E-state index contributed by atoms with van der Waals surface area (Å²) in [6.45, 7) is 0.712. The highest BCUT2D eigenvalue weighted by atomic mass is 32.1. The predicted molar refractivity (Wildman–Crippen MR) is 64.5 cm³/mol. The molecule has 1 saturated heterocycles. The van der Waals surface area contributed by atoms with E-state index in [1.807, 2.05) is 4.90 Å². The molecule has 4 nitrogen and oxygen atoms in total. The van der Waals surface area contributed by atoms with Gasteiger partial charge in [-0.05, 0) is 25.0 Å². The zero-order chi connectivity index (χ0) is 11.5. The summed E-state index contributed by atoms with van der Waals surface area (Å²) >= 11 is 4.16. The molecule has 2 aliphatic rings. The lowest BCUT2D eigenvalue weighted by molar-refractivity contribution is -0.129. The van der Waals surface area contributed by atoms with Crippen LogP contribution < -0.4 is 5.32 Å². The highest BCUT2D eigenvalue weighted by molar-refractivity contribution is 7.80. The molecule has 3 amide bonds. The maximum Gasteiger partial charge on any atom is 0.324 e. The largest absolute Gasteiger partial charge is 0.324 e. The molecule has 0 spiro atoms. The van der Waals surface area contributed by atoms with Gasteiger partial charge in [-0.15, -0.1) is 0 Å². The number of carbonyl (C=O) groups is 2. The molecule has 2 unspecified atom stereocenters. The van der Waals surface area contributed by atoms with Crippen LogP contribution in [-0.4, -0.2) is 35.2 Å². The first kappa shape index (κ1) is 11.8. The maximum absolute atomic E-state index is 11.7. The summed E-state index contributed by atoms with van der Waals surface area (Å²) in [6.07, 6.45) is 4.99. The molecule has 90 valence electrons. The summed E-state index contributed by atoms with van der Waals surface area (Å²) in [4.78, 5) is 25.3. The van der Waals surface area contributed by atoms with E-state index in [1.54, 1.807) is 0 Å². The smallest absolute Gasteiger partial charge is 0.321 e. The molecule has 0 aromatic rings. The van der Waals surface area contributed by atoms with Crippen LogP contribution in [0.4, 0.5) is 4.79 Å². The molecule has 1 aliphatic carbocycles. The van der Waals surface area contributed by atoms with E-state index in [-0.39, 0.29) is 23.9 Å². The van der Waals surface area contributed by atoms with Crippen molar-refractivity contribution < 1.29 is 9.59 Å². The van der Waals surface area contributed by atoms with E-state index in [9.17, 15) is 9.59 Å². The minimum absolute atomic E-state index is 0.0198. The fourth-order valence-electron chi connectivity index (χ4n) is 2.72. The van der Waals surface area contributed by atoms with Crippen molar-refractivity contribution in [3.05, 3.63) is 0 Å². The fourth-order valence-corrected chi connectivity index (χ4v) is 2.86. The van der Waals surface area contributed by atoms with Gasteiger partial charge in [0.05, 0.1) is 5.92 Å². The van der Waals surface area contributed by atoms with Crippen molar-refractivity contribution in [2.75, 3.05) is 12.3 Å². The van der Waals surface area contributed by atoms with Crippen molar-refractivity contribution >= 4 is 24.6 Å². The lowest BCUT2D eigenvalue weighted by atomic mass is 9.81. The first-order valence-corrected chi connectivity index (χ1v) is 6.59. The second-order valence-electron chi connectivity index (χ2n) is 4.52. The van der Waals surface area contributed by atoms with Crippen molar-refractivity contribution in [1.29, 1.82) is 0 Å². The van der Waals surface area contributed by atoms with Gasteiger partial charge in [-0.1, -0.05) is 12.8 Å². The SMILES string of the molecule is O=C1NC(=O)N(CCCS)C2CCCCC12. The van der Waals surface area contributed by atoms with Crippen LogP contribution >= 0.6 is 12.6 Å². The zero-order valence-electron chi connectivity index (χ0n) is 9.32. The first-order valence-electron chi connectivity index (χ1n) is 5.96. The molecule has 2 rings (SSSR count). The van der Waals surface area contributed by atoms with Crippen LogP contribution in [0.1, 0.15) is 32.1 Å². The third-order valence-electron chi connectivity index (χ3n) is 3.51. The van der Waals surface area contributed by atoms with Crippen LogP contribution in [0.2, 0.25) is 0 Å². The van der Waals surface area contributed by atoms with E-state index in [4.69, 9.17) is 0 Å². The molecular formula is C11H18N2O2S. The topological polar surface area (TPSA) is 49.4 Å². The number of imide groups is 1. The van der Waals surface area contributed by atoms with Gasteiger partial charge in [0.1, 0.15) is 0 Å². The van der Waals surface area contributed by atoms with Gasteiger partial charge in [0.15, 0.2) is 0 Å². The summed E-state index contributed by atoms with van der Waals surface area (Å²) in [5.74, 6) is 0.720. The summed E-state index contributed by atoms with van der Waals surface area (Å²) in [5.41, 5.74) is 0. The van der Waals surface area contributed by atoms with Gasteiger partial charge in [0.25, 0.3) is 0 Å². The Morgan fingerprint density at radius 2 is 2.06 bits per heavy atom. The standard InChI is InChI=1S/C11H18N2O2S/c14-10-8-4-1-2-5-9(8)13(6-3-7-16)11(15)12-10/h8-9,16H,1-7H2,(H,12,14,15). The van der Waals surface area contributed by atoms with E-state index >= 15 is 0 Å². The van der Waals surface area contributed by atoms with Gasteiger partial charge in [-0.3, -0.25) is 10.1 Å². The Morgan fingerprint density at radius 3 is 2.81 bits per heavy atom. The second kappa shape index (κ2) is 5.08. The number of nitrogens with one attached hydrogen (secondary N) is 1. The lowest BCUT2D eigenvalue weighted by Gasteiger charge is -2.42. The van der Waals surface area contributed by atoms with Crippen molar-refractivity contribution in [3.8, 4) is 0 Å². The number of thiol groups is 1. The van der Waals surface area contributed by atoms with Gasteiger partial charge < -0.3 is 4.90 Å². The summed E-state index contributed by atoms with van der Waals surface area (Å²) in [7, 11) is 0. The molecule has 5 heteroatoms. The van der Waals surface area contributed by atoms with Crippen molar-refractivity contribution in [2.45, 2.75) is 38.1 Å². The van der Waals surface area contributed by atoms with Gasteiger partial charge in [0.2, 0.25) is 5.91 Å². The Bertz CT molecular complexity index is 296. The Hall–Kier alpha value is -0.710. The number of amides is 3. The van der Waals surface area contributed by atoms with Crippen molar-refractivity contribution in [3.63, 3.8) is 0 Å². The van der Waals surface area contributed by atoms with Gasteiger partial charge >= 0.3 is 6.03 Å². The summed E-state index contributed by atoms with van der Waals surface area (Å²) in [5, 5.41) is 2.46. The molecule has 2 atom stereocenters. The van der Waals surface area contributed by atoms with E-state index < -0.39 is 0 Å². The number of hydrogen-bond acceptors (Lipinski definition) is 3. The Labute approximate surface area is 101 Å². The molecule has 16 heavy (non-hydrogen) atoms. The Balaban J connectivity index is 2.09. The van der Waals surface area contributed by atoms with E-state index in [0.29, 0.717) is 6.54 Å². The number of nitrogens with zero attached hydrogens (tertiary/aromatic N) is 1. The molecule has 1 aliphatic heterocycles. The second-order valence-corrected chi connectivity index (χ2v) is 4.97. The van der Waals surface area contributed by atoms with Gasteiger partial charge in [-0.2, -0.15) is 12.6 Å². The maximum atomic E-state index is 11.7. The fraction of sp³-hybridized carbons (Fsp3) is 0.818. The summed E-state index contributed by atoms with van der Waals surface area (Å²) < 4.78 is 0. The molecule has 0 bridgehead atoms. The third kappa shape index (κ3) is 2.19. The number of hydrogen-bond donors (Lipinski definition) is 2. The normalized spacial score (nSPS) is 29.9. The van der Waals surface area contributed by atoms with Gasteiger partial charge in [0, 0.05) is 12.6 Å². The van der Waals surface area contributed by atoms with E-state index in [2.05, 4.69) is 17.9 Å². The average Bonchev–Trinajstić information content (AvgIpc) is 2.29. The molecular weight excluding hydrogens is 224 g/mol. The van der Waals surface area contributed by atoms with Crippen molar-refractivity contribution in [1.82, 2.24) is 10.2 Å².